The van der Waals surface area contributed by atoms with Crippen molar-refractivity contribution in [1.82, 2.24) is 15.3 Å². The number of ether oxygens (including phenoxy) is 3. The van der Waals surface area contributed by atoms with Gasteiger partial charge in [0.2, 0.25) is 0 Å². The Hall–Kier alpha value is -3.39. The highest BCUT2D eigenvalue weighted by Gasteiger charge is 2.37. The van der Waals surface area contributed by atoms with Gasteiger partial charge in [0.1, 0.15) is 0 Å². The first-order valence-electron chi connectivity index (χ1n) is 11.1. The number of aromatic amines is 1. The van der Waals surface area contributed by atoms with Gasteiger partial charge in [0, 0.05) is 6.07 Å². The first-order valence-corrected chi connectivity index (χ1v) is 11.1. The van der Waals surface area contributed by atoms with Crippen LogP contribution in [0.1, 0.15) is 36.8 Å². The van der Waals surface area contributed by atoms with Crippen LogP contribution in [0.2, 0.25) is 0 Å². The Morgan fingerprint density at radius 2 is 1.79 bits per heavy atom. The van der Waals surface area contributed by atoms with Gasteiger partial charge in [0.15, 0.2) is 23.4 Å². The second-order valence-electron chi connectivity index (χ2n) is 8.51. The molecule has 1 aliphatic rings. The number of H-pyrrole nitrogens is 1. The molecule has 1 atom stereocenters. The van der Waals surface area contributed by atoms with E-state index in [9.17, 15) is 9.59 Å². The van der Waals surface area contributed by atoms with Gasteiger partial charge in [-0.05, 0) is 55.8 Å². The Morgan fingerprint density at radius 3 is 2.45 bits per heavy atom. The number of aromatic nitrogens is 2. The summed E-state index contributed by atoms with van der Waals surface area (Å²) in [4.78, 5) is 31.8. The number of nitrogens with zero attached hydrogens (tertiary/aromatic N) is 1. The minimum atomic E-state index is -0.672. The van der Waals surface area contributed by atoms with Gasteiger partial charge < -0.3 is 24.5 Å². The lowest BCUT2D eigenvalue weighted by molar-refractivity contribution is -0.136. The van der Waals surface area contributed by atoms with Crippen molar-refractivity contribution in [3.63, 3.8) is 0 Å². The Labute approximate surface area is 192 Å². The third kappa shape index (κ3) is 5.01. The molecule has 174 valence electrons. The van der Waals surface area contributed by atoms with E-state index in [1.165, 1.54) is 19.8 Å². The first-order chi connectivity index (χ1) is 16.1. The summed E-state index contributed by atoms with van der Waals surface area (Å²) in [6, 6.07) is 13.6. The van der Waals surface area contributed by atoms with E-state index in [-0.39, 0.29) is 11.0 Å². The normalized spacial score (nSPS) is 16.2. The average Bonchev–Trinajstić information content (AvgIpc) is 2.84. The number of fused-ring (bicyclic) bond motifs is 1. The van der Waals surface area contributed by atoms with E-state index in [1.807, 2.05) is 18.2 Å². The third-order valence-corrected chi connectivity index (χ3v) is 6.46. The fraction of sp³-hybridized carbons (Fsp3) is 0.400. The smallest absolute Gasteiger partial charge is 0.293 e. The molecule has 2 aromatic carbocycles. The second kappa shape index (κ2) is 10.0. The maximum Gasteiger partial charge on any atom is 0.293 e. The summed E-state index contributed by atoms with van der Waals surface area (Å²) in [6.07, 6.45) is 2.61. The van der Waals surface area contributed by atoms with Gasteiger partial charge in [-0.25, -0.2) is 4.98 Å². The van der Waals surface area contributed by atoms with Crippen LogP contribution >= 0.6 is 0 Å². The topological polar surface area (TPSA) is 103 Å². The number of nitrogens with one attached hydrogen (secondary N) is 2. The first kappa shape index (κ1) is 22.8. The molecule has 1 fully saturated rings. The molecule has 0 amide bonds. The van der Waals surface area contributed by atoms with Crippen LogP contribution in [0.15, 0.2) is 47.3 Å². The van der Waals surface area contributed by atoms with Gasteiger partial charge >= 0.3 is 0 Å². The number of rotatable bonds is 9. The standard InChI is InChI=1S/C25H29N3O5/c1-31-20-12-18-19(13-21(20)32-2)27-23(28-24(18)30)22(33-16-29)15-25(8-10-26-11-9-25)14-17-6-4-3-5-7-17/h3-7,12-13,16,22,26H,8-11,14-15H2,1-2H3,(H,27,28,30). The van der Waals surface area contributed by atoms with Crippen LogP contribution in [0.25, 0.3) is 10.9 Å². The lowest BCUT2D eigenvalue weighted by Crippen LogP contribution is -2.39. The molecule has 8 heteroatoms. The van der Waals surface area contributed by atoms with Crippen molar-refractivity contribution < 1.29 is 19.0 Å². The second-order valence-corrected chi connectivity index (χ2v) is 8.51. The maximum absolute atomic E-state index is 12.9. The van der Waals surface area contributed by atoms with E-state index in [0.717, 1.165) is 32.4 Å². The molecular weight excluding hydrogens is 422 g/mol. The van der Waals surface area contributed by atoms with Crippen molar-refractivity contribution >= 4 is 17.4 Å². The molecule has 0 bridgehead atoms. The zero-order valence-corrected chi connectivity index (χ0v) is 18.9. The zero-order valence-electron chi connectivity index (χ0n) is 18.9. The molecule has 0 radical (unpaired) electrons. The number of methoxy groups -OCH3 is 2. The van der Waals surface area contributed by atoms with Crippen LogP contribution in [0.3, 0.4) is 0 Å². The predicted molar refractivity (Wildman–Crippen MR) is 125 cm³/mol. The molecule has 8 nitrogen and oxygen atoms in total. The molecule has 33 heavy (non-hydrogen) atoms. The molecule has 1 unspecified atom stereocenters. The largest absolute Gasteiger partial charge is 0.493 e. The molecule has 4 rings (SSSR count). The summed E-state index contributed by atoms with van der Waals surface area (Å²) in [7, 11) is 3.04. The quantitative estimate of drug-likeness (QED) is 0.482. The zero-order chi connectivity index (χ0) is 23.3. The van der Waals surface area contributed by atoms with Gasteiger partial charge in [0.25, 0.3) is 12.0 Å². The predicted octanol–water partition coefficient (Wildman–Crippen LogP) is 3.16. The number of carbonyl (C=O) groups excluding carboxylic acids is 1. The molecule has 3 aromatic rings. The van der Waals surface area contributed by atoms with Crippen LogP contribution in [0, 0.1) is 5.41 Å². The molecule has 1 saturated heterocycles. The fourth-order valence-electron chi connectivity index (χ4n) is 4.75. The van der Waals surface area contributed by atoms with E-state index in [0.29, 0.717) is 41.1 Å². The van der Waals surface area contributed by atoms with Crippen LogP contribution in [0.4, 0.5) is 0 Å². The number of piperidine rings is 1. The molecule has 1 aromatic heterocycles. The molecule has 0 aliphatic carbocycles. The van der Waals surface area contributed by atoms with E-state index >= 15 is 0 Å². The van der Waals surface area contributed by atoms with Crippen molar-refractivity contribution in [2.75, 3.05) is 27.3 Å². The van der Waals surface area contributed by atoms with Crippen molar-refractivity contribution in [3.8, 4) is 11.5 Å². The lowest BCUT2D eigenvalue weighted by atomic mass is 9.70. The van der Waals surface area contributed by atoms with Crippen molar-refractivity contribution in [2.24, 2.45) is 5.41 Å². The molecule has 2 N–H and O–H groups in total. The van der Waals surface area contributed by atoms with E-state index in [1.54, 1.807) is 12.1 Å². The van der Waals surface area contributed by atoms with Gasteiger partial charge in [-0.2, -0.15) is 0 Å². The summed E-state index contributed by atoms with van der Waals surface area (Å²) in [5.41, 5.74) is 1.28. The SMILES string of the molecule is COc1cc2nc(C(CC3(Cc4ccccc4)CCNCC3)OC=O)[nH]c(=O)c2cc1OC. The molecular formula is C25H29N3O5. The minimum Gasteiger partial charge on any atom is -0.493 e. The summed E-state index contributed by atoms with van der Waals surface area (Å²) in [5, 5.41) is 3.79. The number of benzene rings is 2. The number of hydrogen-bond acceptors (Lipinski definition) is 7. The highest BCUT2D eigenvalue weighted by molar-refractivity contribution is 5.81. The molecule has 0 spiro atoms. The van der Waals surface area contributed by atoms with Gasteiger partial charge in [-0.3, -0.25) is 9.59 Å². The summed E-state index contributed by atoms with van der Waals surface area (Å²) < 4.78 is 16.2. The Morgan fingerprint density at radius 1 is 1.09 bits per heavy atom. The highest BCUT2D eigenvalue weighted by atomic mass is 16.5. The van der Waals surface area contributed by atoms with Gasteiger partial charge in [-0.1, -0.05) is 30.3 Å². The Balaban J connectivity index is 1.72. The Kier molecular flexibility index (Phi) is 6.93. The van der Waals surface area contributed by atoms with Crippen LogP contribution in [0.5, 0.6) is 11.5 Å². The maximum atomic E-state index is 12.9. The average molecular weight is 452 g/mol. The monoisotopic (exact) mass is 451 g/mol. The molecule has 2 heterocycles. The fourth-order valence-corrected chi connectivity index (χ4v) is 4.75. The van der Waals surface area contributed by atoms with Crippen LogP contribution in [-0.2, 0) is 16.0 Å². The summed E-state index contributed by atoms with van der Waals surface area (Å²) >= 11 is 0. The van der Waals surface area contributed by atoms with Gasteiger partial charge in [0.05, 0.1) is 25.1 Å². The van der Waals surface area contributed by atoms with E-state index in [2.05, 4.69) is 27.4 Å². The minimum absolute atomic E-state index is 0.0919. The third-order valence-electron chi connectivity index (χ3n) is 6.46. The van der Waals surface area contributed by atoms with E-state index < -0.39 is 6.10 Å². The molecule has 0 saturated carbocycles. The number of hydrogen-bond donors (Lipinski definition) is 2. The van der Waals surface area contributed by atoms with E-state index in [4.69, 9.17) is 14.2 Å². The number of carbonyl (C=O) groups is 1. The van der Waals surface area contributed by atoms with Crippen LogP contribution < -0.4 is 20.3 Å². The Bertz CT molecular complexity index is 1160. The summed E-state index contributed by atoms with van der Waals surface area (Å²) in [5.74, 6) is 1.25. The van der Waals surface area contributed by atoms with Crippen molar-refractivity contribution in [3.05, 3.63) is 64.2 Å². The highest BCUT2D eigenvalue weighted by Crippen LogP contribution is 2.42. The lowest BCUT2D eigenvalue weighted by Gasteiger charge is -2.39. The van der Waals surface area contributed by atoms with Crippen molar-refractivity contribution in [1.29, 1.82) is 0 Å². The van der Waals surface area contributed by atoms with Gasteiger partial charge in [-0.15, -0.1) is 0 Å². The van der Waals surface area contributed by atoms with Crippen LogP contribution in [-0.4, -0.2) is 43.7 Å². The van der Waals surface area contributed by atoms with Crippen molar-refractivity contribution in [2.45, 2.75) is 31.8 Å². The summed E-state index contributed by atoms with van der Waals surface area (Å²) in [6.45, 7) is 2.21. The molecule has 1 aliphatic heterocycles.